The molecule has 5 heteroatoms. The van der Waals surface area contributed by atoms with E-state index in [0.29, 0.717) is 13.1 Å². The number of amides is 1. The highest BCUT2D eigenvalue weighted by Gasteiger charge is 2.30. The average molecular weight is 201 g/mol. The lowest BCUT2D eigenvalue weighted by molar-refractivity contribution is -0.122. The summed E-state index contributed by atoms with van der Waals surface area (Å²) in [6.45, 7) is 4.50. The van der Waals surface area contributed by atoms with Gasteiger partial charge in [0, 0.05) is 26.2 Å². The highest BCUT2D eigenvalue weighted by Crippen LogP contribution is 2.08. The van der Waals surface area contributed by atoms with Crippen LogP contribution >= 0.6 is 0 Å². The molecule has 0 aliphatic carbocycles. The molecule has 14 heavy (non-hydrogen) atoms. The molecule has 0 spiro atoms. The number of aliphatic hydroxyl groups excluding tert-OH is 1. The minimum Gasteiger partial charge on any atom is -0.390 e. The van der Waals surface area contributed by atoms with Gasteiger partial charge in [0.2, 0.25) is 5.91 Å². The number of hydrogen-bond donors (Lipinski definition) is 3. The van der Waals surface area contributed by atoms with Crippen LogP contribution in [0.2, 0.25) is 0 Å². The van der Waals surface area contributed by atoms with E-state index in [9.17, 15) is 9.90 Å². The number of nitrogens with zero attached hydrogens (tertiary/aromatic N) is 1. The Labute approximate surface area is 84.5 Å². The van der Waals surface area contributed by atoms with Crippen LogP contribution in [0.5, 0.6) is 0 Å². The first kappa shape index (κ1) is 11.4. The summed E-state index contributed by atoms with van der Waals surface area (Å²) in [7, 11) is 1.62. The Hall–Kier alpha value is -0.650. The summed E-state index contributed by atoms with van der Waals surface area (Å²) in [6.07, 6.45) is -0.361. The molecule has 1 aliphatic heterocycles. The van der Waals surface area contributed by atoms with E-state index in [1.54, 1.807) is 7.05 Å². The zero-order valence-electron chi connectivity index (χ0n) is 8.79. The van der Waals surface area contributed by atoms with Crippen molar-refractivity contribution in [2.45, 2.75) is 19.1 Å². The van der Waals surface area contributed by atoms with Crippen LogP contribution in [0.15, 0.2) is 0 Å². The van der Waals surface area contributed by atoms with Gasteiger partial charge in [-0.3, -0.25) is 9.69 Å². The van der Waals surface area contributed by atoms with Crippen molar-refractivity contribution in [2.75, 3.05) is 33.2 Å². The van der Waals surface area contributed by atoms with E-state index >= 15 is 0 Å². The van der Waals surface area contributed by atoms with E-state index < -0.39 is 0 Å². The first-order valence-electron chi connectivity index (χ1n) is 5.02. The number of likely N-dealkylation sites (N-methyl/N-ethyl adjacent to an activating group) is 2. The molecule has 0 saturated carbocycles. The fraction of sp³-hybridized carbons (Fsp3) is 0.889. The van der Waals surface area contributed by atoms with Crippen LogP contribution in [0.1, 0.15) is 6.92 Å². The van der Waals surface area contributed by atoms with Crippen molar-refractivity contribution < 1.29 is 9.90 Å². The van der Waals surface area contributed by atoms with Crippen LogP contribution in [0, 0.1) is 0 Å². The molecular formula is C9H19N3O2. The standard InChI is InChI=1S/C9H19N3O2/c1-3-12(6-9(14)10-2)7-4-11-5-8(7)13/h7-8,11,13H,3-6H2,1-2H3,(H,10,14). The number of nitrogens with one attached hydrogen (secondary N) is 2. The molecule has 2 unspecified atom stereocenters. The molecule has 1 amide bonds. The predicted octanol–water partition coefficient (Wildman–Crippen LogP) is -1.61. The third-order valence-corrected chi connectivity index (χ3v) is 2.65. The first-order valence-corrected chi connectivity index (χ1v) is 5.02. The molecule has 3 N–H and O–H groups in total. The van der Waals surface area contributed by atoms with Crippen LogP contribution in [-0.4, -0.2) is 61.3 Å². The summed E-state index contributed by atoms with van der Waals surface area (Å²) >= 11 is 0. The molecule has 1 saturated heterocycles. The number of carbonyl (C=O) groups is 1. The summed E-state index contributed by atoms with van der Waals surface area (Å²) in [5.41, 5.74) is 0. The second-order valence-electron chi connectivity index (χ2n) is 3.53. The van der Waals surface area contributed by atoms with Crippen molar-refractivity contribution in [3.05, 3.63) is 0 Å². The van der Waals surface area contributed by atoms with Crippen LogP contribution in [0.4, 0.5) is 0 Å². The molecule has 0 radical (unpaired) electrons. The molecule has 5 nitrogen and oxygen atoms in total. The Kier molecular flexibility index (Phi) is 4.31. The van der Waals surface area contributed by atoms with Gasteiger partial charge in [-0.15, -0.1) is 0 Å². The molecule has 0 aromatic heterocycles. The lowest BCUT2D eigenvalue weighted by Gasteiger charge is -2.28. The predicted molar refractivity (Wildman–Crippen MR) is 54.0 cm³/mol. The Morgan fingerprint density at radius 3 is 2.79 bits per heavy atom. The summed E-state index contributed by atoms with van der Waals surface area (Å²) in [4.78, 5) is 13.2. The maximum atomic E-state index is 11.2. The zero-order chi connectivity index (χ0) is 10.6. The monoisotopic (exact) mass is 201 g/mol. The van der Waals surface area contributed by atoms with Crippen molar-refractivity contribution in [1.29, 1.82) is 0 Å². The van der Waals surface area contributed by atoms with E-state index in [4.69, 9.17) is 0 Å². The van der Waals surface area contributed by atoms with Crippen LogP contribution in [-0.2, 0) is 4.79 Å². The van der Waals surface area contributed by atoms with Gasteiger partial charge in [0.25, 0.3) is 0 Å². The number of rotatable bonds is 4. The van der Waals surface area contributed by atoms with Gasteiger partial charge in [0.1, 0.15) is 0 Å². The van der Waals surface area contributed by atoms with E-state index in [0.717, 1.165) is 13.1 Å². The van der Waals surface area contributed by atoms with E-state index in [1.807, 2.05) is 11.8 Å². The zero-order valence-corrected chi connectivity index (χ0v) is 8.79. The van der Waals surface area contributed by atoms with Crippen LogP contribution in [0.3, 0.4) is 0 Å². The summed E-state index contributed by atoms with van der Waals surface area (Å²) in [5, 5.41) is 15.3. The largest absolute Gasteiger partial charge is 0.390 e. The molecule has 0 aromatic carbocycles. The van der Waals surface area contributed by atoms with Gasteiger partial charge in [0.05, 0.1) is 12.6 Å². The molecular weight excluding hydrogens is 182 g/mol. The Morgan fingerprint density at radius 1 is 1.64 bits per heavy atom. The molecule has 0 aromatic rings. The highest BCUT2D eigenvalue weighted by atomic mass is 16.3. The van der Waals surface area contributed by atoms with Crippen molar-refractivity contribution in [3.63, 3.8) is 0 Å². The fourth-order valence-corrected chi connectivity index (χ4v) is 1.75. The van der Waals surface area contributed by atoms with Gasteiger partial charge in [-0.05, 0) is 6.54 Å². The third kappa shape index (κ3) is 2.67. The highest BCUT2D eigenvalue weighted by molar-refractivity contribution is 5.77. The van der Waals surface area contributed by atoms with Crippen molar-refractivity contribution in [3.8, 4) is 0 Å². The molecule has 1 fully saturated rings. The summed E-state index contributed by atoms with van der Waals surface area (Å²) in [5.74, 6) is -0.00838. The number of carbonyl (C=O) groups excluding carboxylic acids is 1. The SMILES string of the molecule is CCN(CC(=O)NC)C1CNCC1O. The van der Waals surface area contributed by atoms with E-state index in [-0.39, 0.29) is 18.1 Å². The second-order valence-corrected chi connectivity index (χ2v) is 3.53. The quantitative estimate of drug-likeness (QED) is 0.512. The molecule has 1 rings (SSSR count). The van der Waals surface area contributed by atoms with Gasteiger partial charge in [0.15, 0.2) is 0 Å². The van der Waals surface area contributed by atoms with Gasteiger partial charge in [-0.1, -0.05) is 6.92 Å². The van der Waals surface area contributed by atoms with E-state index in [2.05, 4.69) is 10.6 Å². The maximum absolute atomic E-state index is 11.2. The van der Waals surface area contributed by atoms with Crippen molar-refractivity contribution in [1.82, 2.24) is 15.5 Å². The van der Waals surface area contributed by atoms with Crippen molar-refractivity contribution >= 4 is 5.91 Å². The minimum atomic E-state index is -0.361. The van der Waals surface area contributed by atoms with Gasteiger partial charge in [-0.2, -0.15) is 0 Å². The Bertz CT molecular complexity index is 198. The maximum Gasteiger partial charge on any atom is 0.233 e. The first-order chi connectivity index (χ1) is 6.69. The number of hydrogen-bond acceptors (Lipinski definition) is 4. The Morgan fingerprint density at radius 2 is 2.36 bits per heavy atom. The molecule has 1 heterocycles. The lowest BCUT2D eigenvalue weighted by atomic mass is 10.2. The molecule has 0 bridgehead atoms. The van der Waals surface area contributed by atoms with Gasteiger partial charge < -0.3 is 15.7 Å². The van der Waals surface area contributed by atoms with Gasteiger partial charge >= 0.3 is 0 Å². The normalized spacial score (nSPS) is 26.9. The second kappa shape index (κ2) is 5.29. The summed E-state index contributed by atoms with van der Waals surface area (Å²) in [6, 6.07) is 0.0669. The topological polar surface area (TPSA) is 64.6 Å². The van der Waals surface area contributed by atoms with Gasteiger partial charge in [-0.25, -0.2) is 0 Å². The smallest absolute Gasteiger partial charge is 0.233 e. The Balaban J connectivity index is 2.48. The molecule has 1 aliphatic rings. The summed E-state index contributed by atoms with van der Waals surface area (Å²) < 4.78 is 0. The van der Waals surface area contributed by atoms with Crippen LogP contribution < -0.4 is 10.6 Å². The van der Waals surface area contributed by atoms with Crippen molar-refractivity contribution in [2.24, 2.45) is 0 Å². The molecule has 2 atom stereocenters. The lowest BCUT2D eigenvalue weighted by Crippen LogP contribution is -2.47. The fourth-order valence-electron chi connectivity index (χ4n) is 1.75. The number of aliphatic hydroxyl groups is 1. The average Bonchev–Trinajstić information content (AvgIpc) is 2.60. The third-order valence-electron chi connectivity index (χ3n) is 2.65. The minimum absolute atomic E-state index is 0.00838. The van der Waals surface area contributed by atoms with E-state index in [1.165, 1.54) is 0 Å². The van der Waals surface area contributed by atoms with Crippen LogP contribution in [0.25, 0.3) is 0 Å². The number of β-amino-alcohol motifs (C(OH)–C–C–N with tert-alkyl or cyclic N) is 1. The molecule has 82 valence electrons.